The van der Waals surface area contributed by atoms with Gasteiger partial charge in [-0.1, -0.05) is 38.1 Å². The molecule has 0 radical (unpaired) electrons. The number of benzene rings is 4. The molecule has 4 N–H and O–H groups in total. The third kappa shape index (κ3) is 7.99. The lowest BCUT2D eigenvalue weighted by Gasteiger charge is -2.14. The summed E-state index contributed by atoms with van der Waals surface area (Å²) in [6, 6.07) is 20.1. The first kappa shape index (κ1) is 32.6. The highest BCUT2D eigenvalue weighted by molar-refractivity contribution is 6.16. The maximum absolute atomic E-state index is 13.7. The molecule has 0 aliphatic rings. The number of carbonyl (C=O) groups excluding carboxylic acids is 4. The minimum Gasteiger partial charge on any atom is -0.478 e. The zero-order chi connectivity index (χ0) is 33.4. The summed E-state index contributed by atoms with van der Waals surface area (Å²) in [6.07, 6.45) is 0.293. The molecule has 0 spiro atoms. The molecule has 0 fully saturated rings. The molecule has 4 aromatic carbocycles. The summed E-state index contributed by atoms with van der Waals surface area (Å²) in [4.78, 5) is 73.9. The number of esters is 2. The second-order valence-electron chi connectivity index (χ2n) is 9.75. The normalized spacial score (nSPS) is 10.4. The molecular weight excluding hydrogens is 596 g/mol. The van der Waals surface area contributed by atoms with Gasteiger partial charge in [-0.15, -0.1) is 0 Å². The van der Waals surface area contributed by atoms with Crippen molar-refractivity contribution < 1.29 is 48.5 Å². The van der Waals surface area contributed by atoms with Gasteiger partial charge in [-0.3, -0.25) is 19.2 Å². The van der Waals surface area contributed by atoms with Gasteiger partial charge in [0.15, 0.2) is 0 Å². The highest BCUT2D eigenvalue weighted by atomic mass is 16.5. The van der Waals surface area contributed by atoms with Crippen LogP contribution in [-0.4, -0.2) is 45.9 Å². The van der Waals surface area contributed by atoms with Gasteiger partial charge in [0.2, 0.25) is 0 Å². The van der Waals surface area contributed by atoms with Crippen molar-refractivity contribution in [3.05, 3.63) is 107 Å². The highest BCUT2D eigenvalue weighted by Gasteiger charge is 2.22. The van der Waals surface area contributed by atoms with Gasteiger partial charge in [0.05, 0.1) is 22.3 Å². The van der Waals surface area contributed by atoms with Crippen molar-refractivity contribution in [3.63, 3.8) is 0 Å². The van der Waals surface area contributed by atoms with Crippen molar-refractivity contribution in [2.75, 3.05) is 10.6 Å². The summed E-state index contributed by atoms with van der Waals surface area (Å²) < 4.78 is 10.4. The number of hydrogen-bond acceptors (Lipinski definition) is 8. The Hall–Kier alpha value is -6.30. The van der Waals surface area contributed by atoms with Crippen molar-refractivity contribution in [1.29, 1.82) is 0 Å². The fourth-order valence-corrected chi connectivity index (χ4v) is 4.28. The third-order valence-corrected chi connectivity index (χ3v) is 6.55. The maximum Gasteiger partial charge on any atom is 0.336 e. The molecule has 0 bridgehead atoms. The first-order valence-corrected chi connectivity index (χ1v) is 14.0. The summed E-state index contributed by atoms with van der Waals surface area (Å²) in [5.41, 5.74) is 0.0866. The number of carboxylic acids is 2. The van der Waals surface area contributed by atoms with Crippen molar-refractivity contribution in [1.82, 2.24) is 0 Å². The topological polar surface area (TPSA) is 185 Å². The summed E-state index contributed by atoms with van der Waals surface area (Å²) in [7, 11) is 0. The van der Waals surface area contributed by atoms with Crippen molar-refractivity contribution >= 4 is 47.1 Å². The SMILES string of the molecule is CCC(=O)Oc1cccc(NC(=O)c2ccc(-c3ccc(C(=O)O)c(C(=O)O)c3)cc2C(=O)Nc2cccc(OC(=O)CC)c2)c1. The van der Waals surface area contributed by atoms with Crippen LogP contribution in [0.3, 0.4) is 0 Å². The number of aromatic carboxylic acids is 2. The van der Waals surface area contributed by atoms with E-state index in [1.165, 1.54) is 42.5 Å². The summed E-state index contributed by atoms with van der Waals surface area (Å²) in [6.45, 7) is 3.28. The van der Waals surface area contributed by atoms with Gasteiger partial charge >= 0.3 is 23.9 Å². The lowest BCUT2D eigenvalue weighted by molar-refractivity contribution is -0.134. The Kier molecular flexibility index (Phi) is 10.2. The van der Waals surface area contributed by atoms with E-state index in [1.54, 1.807) is 44.2 Å². The van der Waals surface area contributed by atoms with E-state index in [4.69, 9.17) is 9.47 Å². The average molecular weight is 625 g/mol. The maximum atomic E-state index is 13.7. The average Bonchev–Trinajstić information content (AvgIpc) is 3.04. The van der Waals surface area contributed by atoms with E-state index in [0.717, 1.165) is 12.1 Å². The van der Waals surface area contributed by atoms with Gasteiger partial charge in [-0.25, -0.2) is 9.59 Å². The molecular formula is C34H28N2O10. The summed E-state index contributed by atoms with van der Waals surface area (Å²) in [5, 5.41) is 24.3. The lowest BCUT2D eigenvalue weighted by Crippen LogP contribution is -2.20. The molecule has 0 aliphatic heterocycles. The Morgan fingerprint density at radius 3 is 1.43 bits per heavy atom. The van der Waals surface area contributed by atoms with E-state index in [2.05, 4.69) is 10.6 Å². The number of nitrogens with one attached hydrogen (secondary N) is 2. The Morgan fingerprint density at radius 1 is 0.543 bits per heavy atom. The minimum atomic E-state index is -1.45. The minimum absolute atomic E-state index is 0.0635. The van der Waals surface area contributed by atoms with Crippen LogP contribution in [0.15, 0.2) is 84.9 Å². The standard InChI is InChI=1S/C34H28N2O10/c1-3-29(37)45-23-9-5-7-21(17-23)35-31(39)25-13-11-19(20-12-14-26(33(41)42)28(16-20)34(43)44)15-27(25)32(40)36-22-8-6-10-24(18-22)46-30(38)4-2/h5-18H,3-4H2,1-2H3,(H,35,39)(H,36,40)(H,41,42)(H,43,44). The van der Waals surface area contributed by atoms with Crippen LogP contribution in [0, 0.1) is 0 Å². The Bertz CT molecular complexity index is 1860. The van der Waals surface area contributed by atoms with Gasteiger partial charge in [0.25, 0.3) is 11.8 Å². The van der Waals surface area contributed by atoms with E-state index in [0.29, 0.717) is 5.56 Å². The molecule has 0 aromatic heterocycles. The van der Waals surface area contributed by atoms with E-state index < -0.39 is 46.8 Å². The molecule has 234 valence electrons. The van der Waals surface area contributed by atoms with Crippen molar-refractivity contribution in [3.8, 4) is 22.6 Å². The van der Waals surface area contributed by atoms with Crippen LogP contribution < -0.4 is 20.1 Å². The van der Waals surface area contributed by atoms with E-state index in [9.17, 15) is 39.0 Å². The smallest absolute Gasteiger partial charge is 0.336 e. The zero-order valence-corrected chi connectivity index (χ0v) is 24.7. The van der Waals surface area contributed by atoms with Crippen LogP contribution in [-0.2, 0) is 9.59 Å². The second-order valence-corrected chi connectivity index (χ2v) is 9.75. The molecule has 0 heterocycles. The van der Waals surface area contributed by atoms with E-state index in [-0.39, 0.29) is 52.4 Å². The van der Waals surface area contributed by atoms with Crippen molar-refractivity contribution in [2.45, 2.75) is 26.7 Å². The predicted molar refractivity (Wildman–Crippen MR) is 166 cm³/mol. The molecule has 4 aromatic rings. The van der Waals surface area contributed by atoms with Crippen LogP contribution in [0.4, 0.5) is 11.4 Å². The van der Waals surface area contributed by atoms with Crippen LogP contribution in [0.2, 0.25) is 0 Å². The highest BCUT2D eigenvalue weighted by Crippen LogP contribution is 2.28. The second kappa shape index (κ2) is 14.4. The fourth-order valence-electron chi connectivity index (χ4n) is 4.28. The number of rotatable bonds is 11. The first-order chi connectivity index (χ1) is 22.0. The molecule has 0 unspecified atom stereocenters. The van der Waals surface area contributed by atoms with Gasteiger partial charge in [-0.05, 0) is 59.7 Å². The summed E-state index contributed by atoms with van der Waals surface area (Å²) in [5.74, 6) is -4.82. The number of hydrogen-bond donors (Lipinski definition) is 4. The largest absolute Gasteiger partial charge is 0.478 e. The molecule has 12 heteroatoms. The van der Waals surface area contributed by atoms with Gasteiger partial charge < -0.3 is 30.3 Å². The quantitative estimate of drug-likeness (QED) is 0.116. The van der Waals surface area contributed by atoms with Gasteiger partial charge in [0.1, 0.15) is 11.5 Å². The number of carboxylic acid groups (broad SMARTS) is 2. The predicted octanol–water partition coefficient (Wildman–Crippen LogP) is 5.89. The lowest BCUT2D eigenvalue weighted by atomic mass is 9.95. The number of ether oxygens (including phenoxy) is 2. The number of anilines is 2. The molecule has 0 saturated carbocycles. The van der Waals surface area contributed by atoms with Crippen molar-refractivity contribution in [2.24, 2.45) is 0 Å². The molecule has 46 heavy (non-hydrogen) atoms. The fraction of sp³-hybridized carbons (Fsp3) is 0.118. The van der Waals surface area contributed by atoms with Crippen LogP contribution in [0.5, 0.6) is 11.5 Å². The molecule has 2 amide bonds. The molecule has 4 rings (SSSR count). The monoisotopic (exact) mass is 624 g/mol. The third-order valence-electron chi connectivity index (χ3n) is 6.55. The number of carbonyl (C=O) groups is 6. The Morgan fingerprint density at radius 2 is 0.978 bits per heavy atom. The van der Waals surface area contributed by atoms with Crippen LogP contribution in [0.1, 0.15) is 68.1 Å². The zero-order valence-electron chi connectivity index (χ0n) is 24.7. The van der Waals surface area contributed by atoms with Crippen LogP contribution in [0.25, 0.3) is 11.1 Å². The summed E-state index contributed by atoms with van der Waals surface area (Å²) >= 11 is 0. The Labute approximate surface area is 262 Å². The van der Waals surface area contributed by atoms with E-state index in [1.807, 2.05) is 0 Å². The van der Waals surface area contributed by atoms with E-state index >= 15 is 0 Å². The Balaban J connectivity index is 1.74. The molecule has 0 atom stereocenters. The van der Waals surface area contributed by atoms with Gasteiger partial charge in [0, 0.05) is 36.3 Å². The molecule has 0 saturated heterocycles. The first-order valence-electron chi connectivity index (χ1n) is 14.0. The molecule has 0 aliphatic carbocycles. The van der Waals surface area contributed by atoms with Gasteiger partial charge in [-0.2, -0.15) is 0 Å². The number of amides is 2. The van der Waals surface area contributed by atoms with Crippen LogP contribution >= 0.6 is 0 Å². The molecule has 12 nitrogen and oxygen atoms in total.